The molecule has 18 heavy (non-hydrogen) atoms. The van der Waals surface area contributed by atoms with E-state index < -0.39 is 0 Å². The van der Waals surface area contributed by atoms with Crippen LogP contribution < -0.4 is 10.1 Å². The zero-order valence-electron chi connectivity index (χ0n) is 11.7. The maximum Gasteiger partial charge on any atom is 0.120 e. The molecule has 1 aromatic carbocycles. The zero-order valence-corrected chi connectivity index (χ0v) is 11.7. The van der Waals surface area contributed by atoms with Crippen molar-refractivity contribution in [3.63, 3.8) is 0 Å². The van der Waals surface area contributed by atoms with Gasteiger partial charge in [0.05, 0.1) is 17.7 Å². The molecule has 3 heteroatoms. The highest BCUT2D eigenvalue weighted by molar-refractivity contribution is 5.32. The second-order valence-electron chi connectivity index (χ2n) is 5.42. The average molecular weight is 249 g/mol. The van der Waals surface area contributed by atoms with Gasteiger partial charge in [0.25, 0.3) is 0 Å². The molecule has 1 aromatic rings. The van der Waals surface area contributed by atoms with E-state index in [4.69, 9.17) is 9.47 Å². The number of rotatable bonds is 6. The van der Waals surface area contributed by atoms with E-state index in [0.29, 0.717) is 6.10 Å². The average Bonchev–Trinajstić information content (AvgIpc) is 3.14. The van der Waals surface area contributed by atoms with Crippen LogP contribution in [-0.2, 0) is 4.74 Å². The van der Waals surface area contributed by atoms with Crippen molar-refractivity contribution in [1.82, 2.24) is 5.32 Å². The summed E-state index contributed by atoms with van der Waals surface area (Å²) in [6.45, 7) is 4.17. The van der Waals surface area contributed by atoms with E-state index in [0.717, 1.165) is 5.75 Å². The number of methoxy groups -OCH3 is 1. The largest absolute Gasteiger partial charge is 0.490 e. The van der Waals surface area contributed by atoms with E-state index in [1.807, 2.05) is 19.2 Å². The monoisotopic (exact) mass is 249 g/mol. The fourth-order valence-electron chi connectivity index (χ4n) is 2.18. The minimum absolute atomic E-state index is 0.144. The summed E-state index contributed by atoms with van der Waals surface area (Å²) in [5.41, 5.74) is 0.940. The maximum atomic E-state index is 5.84. The van der Waals surface area contributed by atoms with Crippen molar-refractivity contribution in [3.8, 4) is 5.75 Å². The molecule has 0 aliphatic heterocycles. The van der Waals surface area contributed by atoms with Gasteiger partial charge in [-0.2, -0.15) is 0 Å². The van der Waals surface area contributed by atoms with Crippen LogP contribution in [0.3, 0.4) is 0 Å². The second kappa shape index (κ2) is 5.29. The highest BCUT2D eigenvalue weighted by Gasteiger charge is 2.30. The van der Waals surface area contributed by atoms with Crippen LogP contribution in [0.5, 0.6) is 5.75 Å². The van der Waals surface area contributed by atoms with Crippen molar-refractivity contribution in [2.45, 2.75) is 44.4 Å². The molecule has 0 saturated heterocycles. The van der Waals surface area contributed by atoms with Crippen molar-refractivity contribution in [2.75, 3.05) is 14.2 Å². The van der Waals surface area contributed by atoms with E-state index >= 15 is 0 Å². The summed E-state index contributed by atoms with van der Waals surface area (Å²) in [7, 11) is 3.70. The lowest BCUT2D eigenvalue weighted by Gasteiger charge is -2.33. The van der Waals surface area contributed by atoms with E-state index in [-0.39, 0.29) is 11.6 Å². The third-order valence-electron chi connectivity index (χ3n) is 3.53. The van der Waals surface area contributed by atoms with E-state index in [1.54, 1.807) is 7.11 Å². The van der Waals surface area contributed by atoms with Crippen LogP contribution in [0.25, 0.3) is 0 Å². The Labute approximate surface area is 109 Å². The Hall–Kier alpha value is -1.06. The van der Waals surface area contributed by atoms with Gasteiger partial charge in [-0.1, -0.05) is 12.1 Å². The topological polar surface area (TPSA) is 30.5 Å². The first kappa shape index (κ1) is 13.4. The quantitative estimate of drug-likeness (QED) is 0.841. The van der Waals surface area contributed by atoms with Gasteiger partial charge in [0, 0.05) is 7.11 Å². The highest BCUT2D eigenvalue weighted by atomic mass is 16.5. The molecule has 1 unspecified atom stereocenters. The predicted octanol–water partition coefficient (Wildman–Crippen LogP) is 2.91. The van der Waals surface area contributed by atoms with E-state index in [9.17, 15) is 0 Å². The molecule has 1 fully saturated rings. The molecule has 1 N–H and O–H groups in total. The van der Waals surface area contributed by atoms with Gasteiger partial charge in [0.2, 0.25) is 0 Å². The summed E-state index contributed by atoms with van der Waals surface area (Å²) >= 11 is 0. The molecule has 1 saturated carbocycles. The van der Waals surface area contributed by atoms with Crippen molar-refractivity contribution in [1.29, 1.82) is 0 Å². The molecule has 1 atom stereocenters. The predicted molar refractivity (Wildman–Crippen MR) is 73.0 cm³/mol. The van der Waals surface area contributed by atoms with Crippen LogP contribution in [0.2, 0.25) is 0 Å². The summed E-state index contributed by atoms with van der Waals surface area (Å²) in [4.78, 5) is 0. The Morgan fingerprint density at radius 2 is 2.06 bits per heavy atom. The molecule has 0 heterocycles. The standard InChI is InChI=1S/C15H23NO2/c1-15(2,17-4)14(16-3)11-6-5-7-13(10-11)18-12-8-9-12/h5-7,10,12,14,16H,8-9H2,1-4H3. The number of hydrogen-bond donors (Lipinski definition) is 1. The summed E-state index contributed by atoms with van der Waals surface area (Å²) in [6, 6.07) is 8.43. The molecular weight excluding hydrogens is 226 g/mol. The highest BCUT2D eigenvalue weighted by Crippen LogP contribution is 2.32. The molecule has 100 valence electrons. The van der Waals surface area contributed by atoms with Crippen LogP contribution in [0.1, 0.15) is 38.3 Å². The fraction of sp³-hybridized carbons (Fsp3) is 0.600. The molecule has 0 amide bonds. The normalized spacial score (nSPS) is 17.6. The van der Waals surface area contributed by atoms with Gasteiger partial charge in [0.1, 0.15) is 5.75 Å². The summed E-state index contributed by atoms with van der Waals surface area (Å²) in [5, 5.41) is 3.33. The molecule has 0 spiro atoms. The molecule has 1 aliphatic carbocycles. The molecule has 3 nitrogen and oxygen atoms in total. The minimum atomic E-state index is -0.257. The van der Waals surface area contributed by atoms with Gasteiger partial charge >= 0.3 is 0 Å². The lowest BCUT2D eigenvalue weighted by Crippen LogP contribution is -2.39. The Bertz CT molecular complexity index is 399. The maximum absolute atomic E-state index is 5.84. The van der Waals surface area contributed by atoms with Crippen molar-refractivity contribution >= 4 is 0 Å². The zero-order chi connectivity index (χ0) is 13.2. The SMILES string of the molecule is CNC(c1cccc(OC2CC2)c1)C(C)(C)OC. The van der Waals surface area contributed by atoms with Crippen molar-refractivity contribution in [3.05, 3.63) is 29.8 Å². The molecule has 0 radical (unpaired) electrons. The van der Waals surface area contributed by atoms with E-state index in [2.05, 4.69) is 31.3 Å². The van der Waals surface area contributed by atoms with Gasteiger partial charge in [-0.25, -0.2) is 0 Å². The van der Waals surface area contributed by atoms with Gasteiger partial charge < -0.3 is 14.8 Å². The molecule has 0 aromatic heterocycles. The van der Waals surface area contributed by atoms with Gasteiger partial charge in [-0.3, -0.25) is 0 Å². The lowest BCUT2D eigenvalue weighted by molar-refractivity contribution is -0.00903. The first-order chi connectivity index (χ1) is 8.56. The van der Waals surface area contributed by atoms with Crippen LogP contribution in [0.15, 0.2) is 24.3 Å². The Balaban J connectivity index is 2.19. The molecule has 0 bridgehead atoms. The summed E-state index contributed by atoms with van der Waals surface area (Å²) in [5.74, 6) is 0.960. The smallest absolute Gasteiger partial charge is 0.120 e. The number of likely N-dealkylation sites (N-methyl/N-ethyl adjacent to an activating group) is 1. The van der Waals surface area contributed by atoms with Crippen LogP contribution in [-0.4, -0.2) is 25.9 Å². The minimum Gasteiger partial charge on any atom is -0.490 e. The number of hydrogen-bond acceptors (Lipinski definition) is 3. The molecular formula is C15H23NO2. The first-order valence-corrected chi connectivity index (χ1v) is 6.56. The number of nitrogens with one attached hydrogen (secondary N) is 1. The second-order valence-corrected chi connectivity index (χ2v) is 5.42. The Morgan fingerprint density at radius 1 is 1.33 bits per heavy atom. The van der Waals surface area contributed by atoms with Crippen LogP contribution in [0, 0.1) is 0 Å². The molecule has 2 rings (SSSR count). The fourth-order valence-corrected chi connectivity index (χ4v) is 2.18. The van der Waals surface area contributed by atoms with E-state index in [1.165, 1.54) is 18.4 Å². The Kier molecular flexibility index (Phi) is 3.93. The number of ether oxygens (including phenoxy) is 2. The van der Waals surface area contributed by atoms with Crippen LogP contribution in [0.4, 0.5) is 0 Å². The third kappa shape index (κ3) is 3.03. The third-order valence-corrected chi connectivity index (χ3v) is 3.53. The Morgan fingerprint density at radius 3 is 2.61 bits per heavy atom. The van der Waals surface area contributed by atoms with Gasteiger partial charge in [-0.15, -0.1) is 0 Å². The van der Waals surface area contributed by atoms with Crippen LogP contribution >= 0.6 is 0 Å². The number of benzene rings is 1. The molecule has 1 aliphatic rings. The first-order valence-electron chi connectivity index (χ1n) is 6.56. The lowest BCUT2D eigenvalue weighted by atomic mass is 9.91. The van der Waals surface area contributed by atoms with Gasteiger partial charge in [-0.05, 0) is 51.4 Å². The summed E-state index contributed by atoms with van der Waals surface area (Å²) < 4.78 is 11.4. The van der Waals surface area contributed by atoms with Gasteiger partial charge in [0.15, 0.2) is 0 Å². The van der Waals surface area contributed by atoms with Crippen molar-refractivity contribution in [2.24, 2.45) is 0 Å². The summed E-state index contributed by atoms with van der Waals surface area (Å²) in [6.07, 6.45) is 2.80. The van der Waals surface area contributed by atoms with Crippen molar-refractivity contribution < 1.29 is 9.47 Å².